The van der Waals surface area contributed by atoms with E-state index >= 15 is 0 Å². The topological polar surface area (TPSA) is 63.1 Å². The van der Waals surface area contributed by atoms with Crippen LogP contribution in [0.25, 0.3) is 10.9 Å². The van der Waals surface area contributed by atoms with Gasteiger partial charge in [-0.2, -0.15) is 0 Å². The number of fused-ring (bicyclic) bond motifs is 3. The molecule has 2 saturated carbocycles. The number of rotatable bonds is 8. The molecule has 2 fully saturated rings. The molecule has 2 amide bonds. The van der Waals surface area contributed by atoms with Crippen LogP contribution in [0.15, 0.2) is 84.9 Å². The summed E-state index contributed by atoms with van der Waals surface area (Å²) in [6.07, 6.45) is 6.59. The fourth-order valence-electron chi connectivity index (χ4n) is 6.46. The van der Waals surface area contributed by atoms with Crippen molar-refractivity contribution in [1.82, 2.24) is 4.57 Å². The molecule has 0 aliphatic heterocycles. The van der Waals surface area contributed by atoms with Gasteiger partial charge in [0, 0.05) is 35.2 Å². The van der Waals surface area contributed by atoms with Gasteiger partial charge in [0.05, 0.1) is 0 Å². The fourth-order valence-corrected chi connectivity index (χ4v) is 6.46. The standard InChI is InChI=1S/C32H33N3O2/c36-31(21-25-18-23-11-12-24(25)17-23)33-28-13-14-29-26(19-28)20-30(32(37)34-27-9-5-2-6-10-27)35(29)16-15-22-7-3-1-4-8-22/h1-10,13-14,19-20,23-25H,11-12,15-18,21H2,(H,33,36)(H,34,37). The summed E-state index contributed by atoms with van der Waals surface area (Å²) in [6.45, 7) is 0.682. The van der Waals surface area contributed by atoms with Crippen LogP contribution in [-0.4, -0.2) is 16.4 Å². The SMILES string of the molecule is O=C(CC1CC2CCC1C2)Nc1ccc2c(c1)cc(C(=O)Nc1ccccc1)n2CCc1ccccc1. The minimum Gasteiger partial charge on any atom is -0.336 e. The maximum atomic E-state index is 13.3. The molecule has 3 unspecified atom stereocenters. The normalized spacial score (nSPS) is 20.3. The zero-order chi connectivity index (χ0) is 25.2. The highest BCUT2D eigenvalue weighted by Crippen LogP contribution is 2.49. The van der Waals surface area contributed by atoms with Crippen LogP contribution in [0.2, 0.25) is 0 Å². The lowest BCUT2D eigenvalue weighted by Crippen LogP contribution is -2.20. The van der Waals surface area contributed by atoms with E-state index in [1.54, 1.807) is 0 Å². The Morgan fingerprint density at radius 2 is 1.59 bits per heavy atom. The second-order valence-electron chi connectivity index (χ2n) is 10.7. The number of para-hydroxylation sites is 1. The van der Waals surface area contributed by atoms with E-state index in [-0.39, 0.29) is 11.8 Å². The van der Waals surface area contributed by atoms with E-state index in [1.807, 2.05) is 72.8 Å². The van der Waals surface area contributed by atoms with Crippen LogP contribution in [0.1, 0.15) is 48.2 Å². The summed E-state index contributed by atoms with van der Waals surface area (Å²) in [6, 6.07) is 27.7. The van der Waals surface area contributed by atoms with E-state index in [2.05, 4.69) is 27.3 Å². The third-order valence-electron chi connectivity index (χ3n) is 8.25. The van der Waals surface area contributed by atoms with Crippen molar-refractivity contribution < 1.29 is 9.59 Å². The van der Waals surface area contributed by atoms with E-state index in [0.717, 1.165) is 40.5 Å². The van der Waals surface area contributed by atoms with E-state index in [0.29, 0.717) is 24.6 Å². The number of carbonyl (C=O) groups is 2. The first kappa shape index (κ1) is 23.5. The smallest absolute Gasteiger partial charge is 0.272 e. The minimum absolute atomic E-state index is 0.0995. The Morgan fingerprint density at radius 3 is 2.32 bits per heavy atom. The van der Waals surface area contributed by atoms with Crippen LogP contribution < -0.4 is 10.6 Å². The van der Waals surface area contributed by atoms with Gasteiger partial charge in [0.1, 0.15) is 5.69 Å². The summed E-state index contributed by atoms with van der Waals surface area (Å²) in [5.41, 5.74) is 4.38. The quantitative estimate of drug-likeness (QED) is 0.282. The van der Waals surface area contributed by atoms with E-state index < -0.39 is 0 Å². The Bertz CT molecular complexity index is 1410. The first-order valence-corrected chi connectivity index (χ1v) is 13.5. The van der Waals surface area contributed by atoms with Gasteiger partial charge in [0.25, 0.3) is 5.91 Å². The summed E-state index contributed by atoms with van der Waals surface area (Å²) in [4.78, 5) is 26.2. The van der Waals surface area contributed by atoms with E-state index in [9.17, 15) is 9.59 Å². The number of nitrogens with zero attached hydrogens (tertiary/aromatic N) is 1. The van der Waals surface area contributed by atoms with Gasteiger partial charge >= 0.3 is 0 Å². The number of nitrogens with one attached hydrogen (secondary N) is 2. The molecule has 0 radical (unpaired) electrons. The second-order valence-corrected chi connectivity index (χ2v) is 10.7. The molecule has 2 bridgehead atoms. The van der Waals surface area contributed by atoms with Crippen LogP contribution >= 0.6 is 0 Å². The lowest BCUT2D eigenvalue weighted by molar-refractivity contribution is -0.117. The Balaban J connectivity index is 1.24. The highest BCUT2D eigenvalue weighted by Gasteiger charge is 2.40. The molecule has 5 nitrogen and oxygen atoms in total. The van der Waals surface area contributed by atoms with Crippen LogP contribution in [0.3, 0.4) is 0 Å². The Morgan fingerprint density at radius 1 is 0.811 bits per heavy atom. The predicted octanol–water partition coefficient (Wildman–Crippen LogP) is 6.90. The number of hydrogen-bond acceptors (Lipinski definition) is 2. The molecule has 2 N–H and O–H groups in total. The van der Waals surface area contributed by atoms with Crippen molar-refractivity contribution in [2.75, 3.05) is 10.6 Å². The molecule has 0 spiro atoms. The highest BCUT2D eigenvalue weighted by atomic mass is 16.2. The Labute approximate surface area is 217 Å². The van der Waals surface area contributed by atoms with Gasteiger partial charge in [-0.25, -0.2) is 0 Å². The van der Waals surface area contributed by atoms with Crippen molar-refractivity contribution in [2.45, 2.75) is 45.1 Å². The van der Waals surface area contributed by atoms with Crippen LogP contribution in [0, 0.1) is 17.8 Å². The molecule has 37 heavy (non-hydrogen) atoms. The summed E-state index contributed by atoms with van der Waals surface area (Å²) < 4.78 is 2.08. The van der Waals surface area contributed by atoms with E-state index in [4.69, 9.17) is 0 Å². The maximum Gasteiger partial charge on any atom is 0.272 e. The molecule has 5 heteroatoms. The number of aryl methyl sites for hydroxylation is 2. The molecule has 6 rings (SSSR count). The van der Waals surface area contributed by atoms with Gasteiger partial charge < -0.3 is 15.2 Å². The molecular formula is C32H33N3O2. The molecule has 2 aliphatic rings. The summed E-state index contributed by atoms with van der Waals surface area (Å²) in [5, 5.41) is 7.10. The van der Waals surface area contributed by atoms with Crippen molar-refractivity contribution in [3.63, 3.8) is 0 Å². The van der Waals surface area contributed by atoms with E-state index in [1.165, 1.54) is 31.2 Å². The Hall–Kier alpha value is -3.86. The van der Waals surface area contributed by atoms with Gasteiger partial charge in [-0.3, -0.25) is 9.59 Å². The molecule has 3 atom stereocenters. The number of aromatic nitrogens is 1. The molecule has 0 saturated heterocycles. The van der Waals surface area contributed by atoms with Crippen molar-refractivity contribution in [3.05, 3.63) is 96.2 Å². The minimum atomic E-state index is -0.141. The van der Waals surface area contributed by atoms with Gasteiger partial charge in [0.15, 0.2) is 0 Å². The number of carbonyl (C=O) groups excluding carboxylic acids is 2. The first-order chi connectivity index (χ1) is 18.1. The largest absolute Gasteiger partial charge is 0.336 e. The third-order valence-corrected chi connectivity index (χ3v) is 8.25. The van der Waals surface area contributed by atoms with Crippen molar-refractivity contribution in [3.8, 4) is 0 Å². The zero-order valence-electron chi connectivity index (χ0n) is 21.0. The van der Waals surface area contributed by atoms with Gasteiger partial charge in [-0.15, -0.1) is 0 Å². The average Bonchev–Trinajstić information content (AvgIpc) is 3.63. The van der Waals surface area contributed by atoms with Gasteiger partial charge in [0.2, 0.25) is 5.91 Å². The van der Waals surface area contributed by atoms with Crippen molar-refractivity contribution >= 4 is 34.1 Å². The number of amides is 2. The lowest BCUT2D eigenvalue weighted by atomic mass is 9.86. The van der Waals surface area contributed by atoms with Crippen LogP contribution in [0.5, 0.6) is 0 Å². The summed E-state index contributed by atoms with van der Waals surface area (Å²) in [5.74, 6) is 2.08. The molecule has 2 aliphatic carbocycles. The van der Waals surface area contributed by atoms with Gasteiger partial charge in [-0.1, -0.05) is 55.0 Å². The van der Waals surface area contributed by atoms with Crippen molar-refractivity contribution in [1.29, 1.82) is 0 Å². The molecule has 188 valence electrons. The predicted molar refractivity (Wildman–Crippen MR) is 149 cm³/mol. The highest BCUT2D eigenvalue weighted by molar-refractivity contribution is 6.07. The first-order valence-electron chi connectivity index (χ1n) is 13.5. The Kier molecular flexibility index (Phi) is 6.52. The fraction of sp³-hybridized carbons (Fsp3) is 0.312. The number of hydrogen-bond donors (Lipinski definition) is 2. The third kappa shape index (κ3) is 5.17. The average molecular weight is 492 g/mol. The molecule has 1 aromatic heterocycles. The molecular weight excluding hydrogens is 458 g/mol. The lowest BCUT2D eigenvalue weighted by Gasteiger charge is -2.20. The van der Waals surface area contributed by atoms with Crippen LogP contribution in [0.4, 0.5) is 11.4 Å². The molecule has 3 aromatic carbocycles. The summed E-state index contributed by atoms with van der Waals surface area (Å²) >= 11 is 0. The molecule has 1 heterocycles. The monoisotopic (exact) mass is 491 g/mol. The number of anilines is 2. The van der Waals surface area contributed by atoms with Crippen molar-refractivity contribution in [2.24, 2.45) is 17.8 Å². The zero-order valence-corrected chi connectivity index (χ0v) is 21.0. The summed E-state index contributed by atoms with van der Waals surface area (Å²) in [7, 11) is 0. The number of benzene rings is 3. The second kappa shape index (κ2) is 10.3. The molecule has 4 aromatic rings. The van der Waals surface area contributed by atoms with Gasteiger partial charge in [-0.05, 0) is 85.4 Å². The van der Waals surface area contributed by atoms with Crippen LogP contribution in [-0.2, 0) is 17.8 Å². The maximum absolute atomic E-state index is 13.3.